The van der Waals surface area contributed by atoms with Crippen molar-refractivity contribution in [1.29, 1.82) is 0 Å². The summed E-state index contributed by atoms with van der Waals surface area (Å²) in [4.78, 5) is 38.3. The number of anilines is 1. The van der Waals surface area contributed by atoms with Crippen LogP contribution in [0, 0.1) is 12.8 Å². The van der Waals surface area contributed by atoms with E-state index in [-0.39, 0.29) is 48.2 Å². The lowest BCUT2D eigenvalue weighted by Crippen LogP contribution is -2.28. The van der Waals surface area contributed by atoms with Crippen LogP contribution in [-0.4, -0.2) is 51.2 Å². The van der Waals surface area contributed by atoms with E-state index in [1.165, 1.54) is 30.3 Å². The third-order valence-electron chi connectivity index (χ3n) is 4.85. The number of hydrogen-bond donors (Lipinski definition) is 1. The molecule has 0 aromatic carbocycles. The molecule has 1 aliphatic rings. The molecule has 1 aliphatic carbocycles. The third kappa shape index (κ3) is 6.16. The molecule has 2 amide bonds. The first-order valence-corrected chi connectivity index (χ1v) is 10.0. The molecule has 0 bridgehead atoms. The Bertz CT molecular complexity index is 966. The average Bonchev–Trinajstić information content (AvgIpc) is 3.58. The first-order chi connectivity index (χ1) is 14.7. The Balaban J connectivity index is 1.61. The number of alkyl halides is 2. The van der Waals surface area contributed by atoms with Crippen LogP contribution in [0.15, 0.2) is 24.5 Å². The molecular formula is C21H25F2N5O3. The van der Waals surface area contributed by atoms with Crippen LogP contribution in [0.3, 0.4) is 0 Å². The minimum Gasteiger partial charge on any atom is -0.471 e. The van der Waals surface area contributed by atoms with Crippen molar-refractivity contribution in [2.24, 2.45) is 5.92 Å². The van der Waals surface area contributed by atoms with Crippen LogP contribution in [0.1, 0.15) is 47.8 Å². The highest BCUT2D eigenvalue weighted by molar-refractivity contribution is 5.94. The van der Waals surface area contributed by atoms with Crippen LogP contribution in [0.5, 0.6) is 5.88 Å². The summed E-state index contributed by atoms with van der Waals surface area (Å²) in [6, 6.07) is 3.21. The molecule has 166 valence electrons. The largest absolute Gasteiger partial charge is 0.471 e. The number of pyridine rings is 1. The van der Waals surface area contributed by atoms with Crippen molar-refractivity contribution in [3.63, 3.8) is 0 Å². The Morgan fingerprint density at radius 3 is 2.71 bits per heavy atom. The fraction of sp³-hybridized carbons (Fsp3) is 0.476. The second kappa shape index (κ2) is 9.32. The van der Waals surface area contributed by atoms with Gasteiger partial charge in [0.25, 0.3) is 11.8 Å². The lowest BCUT2D eigenvalue weighted by atomic mass is 10.2. The van der Waals surface area contributed by atoms with E-state index in [2.05, 4.69) is 20.3 Å². The Labute approximate surface area is 179 Å². The molecule has 1 N–H and O–H groups in total. The summed E-state index contributed by atoms with van der Waals surface area (Å²) in [6.07, 6.45) is 4.29. The standard InChI is InChI=1S/C21H25F2N5O3/c1-4-21(22,23)12-31-18-13(2)9-14(10-25-18)11-28(3)19(30)16-7-8-24-20(26-16)27-17(29)15-5-6-15/h7-10,15H,4-6,11-12H2,1-3H3,(H,24,26,27,29). The summed E-state index contributed by atoms with van der Waals surface area (Å²) in [5.74, 6) is -3.17. The van der Waals surface area contributed by atoms with E-state index in [0.717, 1.165) is 12.8 Å². The summed E-state index contributed by atoms with van der Waals surface area (Å²) < 4.78 is 31.9. The number of carbonyl (C=O) groups is 2. The van der Waals surface area contributed by atoms with Gasteiger partial charge in [-0.05, 0) is 37.5 Å². The number of amides is 2. The SMILES string of the molecule is CCC(F)(F)COc1ncc(CN(C)C(=O)c2ccnc(NC(=O)C3CC3)n2)cc1C. The number of nitrogens with zero attached hydrogens (tertiary/aromatic N) is 4. The highest BCUT2D eigenvalue weighted by Crippen LogP contribution is 2.29. The number of ether oxygens (including phenoxy) is 1. The molecule has 31 heavy (non-hydrogen) atoms. The van der Waals surface area contributed by atoms with E-state index >= 15 is 0 Å². The van der Waals surface area contributed by atoms with E-state index in [1.807, 2.05) is 0 Å². The van der Waals surface area contributed by atoms with Gasteiger partial charge in [0, 0.05) is 43.9 Å². The molecule has 0 radical (unpaired) electrons. The van der Waals surface area contributed by atoms with Gasteiger partial charge in [0.2, 0.25) is 17.7 Å². The number of rotatable bonds is 9. The average molecular weight is 433 g/mol. The molecule has 2 aromatic heterocycles. The van der Waals surface area contributed by atoms with Gasteiger partial charge < -0.3 is 9.64 Å². The van der Waals surface area contributed by atoms with Gasteiger partial charge in [-0.15, -0.1) is 0 Å². The summed E-state index contributed by atoms with van der Waals surface area (Å²) >= 11 is 0. The predicted octanol–water partition coefficient (Wildman–Crippen LogP) is 3.22. The van der Waals surface area contributed by atoms with Gasteiger partial charge in [0.1, 0.15) is 5.69 Å². The summed E-state index contributed by atoms with van der Waals surface area (Å²) in [5, 5.41) is 2.62. The molecule has 0 spiro atoms. The molecule has 10 heteroatoms. The predicted molar refractivity (Wildman–Crippen MR) is 109 cm³/mol. The minimum atomic E-state index is -2.91. The molecule has 8 nitrogen and oxygen atoms in total. The van der Waals surface area contributed by atoms with Crippen molar-refractivity contribution in [1.82, 2.24) is 19.9 Å². The second-order valence-electron chi connectivity index (χ2n) is 7.65. The van der Waals surface area contributed by atoms with E-state index < -0.39 is 12.5 Å². The van der Waals surface area contributed by atoms with Gasteiger partial charge in [-0.2, -0.15) is 0 Å². The van der Waals surface area contributed by atoms with Crippen molar-refractivity contribution in [3.8, 4) is 5.88 Å². The van der Waals surface area contributed by atoms with Gasteiger partial charge in [0.15, 0.2) is 6.61 Å². The topological polar surface area (TPSA) is 97.3 Å². The molecular weight excluding hydrogens is 408 g/mol. The molecule has 3 rings (SSSR count). The Kier molecular flexibility index (Phi) is 6.77. The van der Waals surface area contributed by atoms with Gasteiger partial charge in [0.05, 0.1) is 0 Å². The molecule has 0 aliphatic heterocycles. The smallest absolute Gasteiger partial charge is 0.281 e. The number of hydrogen-bond acceptors (Lipinski definition) is 6. The first-order valence-electron chi connectivity index (χ1n) is 10.0. The summed E-state index contributed by atoms with van der Waals surface area (Å²) in [6.45, 7) is 2.59. The van der Waals surface area contributed by atoms with Crippen molar-refractivity contribution in [2.75, 3.05) is 19.0 Å². The van der Waals surface area contributed by atoms with E-state index in [9.17, 15) is 18.4 Å². The lowest BCUT2D eigenvalue weighted by Gasteiger charge is -2.18. The zero-order valence-electron chi connectivity index (χ0n) is 17.7. The number of aryl methyl sites for hydroxylation is 1. The van der Waals surface area contributed by atoms with Gasteiger partial charge in [-0.3, -0.25) is 14.9 Å². The van der Waals surface area contributed by atoms with Crippen LogP contribution in [0.25, 0.3) is 0 Å². The molecule has 1 fully saturated rings. The Hall–Kier alpha value is -3.17. The van der Waals surface area contributed by atoms with Crippen molar-refractivity contribution >= 4 is 17.8 Å². The molecule has 2 aromatic rings. The second-order valence-corrected chi connectivity index (χ2v) is 7.65. The zero-order valence-corrected chi connectivity index (χ0v) is 17.7. The summed E-state index contributed by atoms with van der Waals surface area (Å²) in [5.41, 5.74) is 1.45. The monoisotopic (exact) mass is 433 g/mol. The fourth-order valence-corrected chi connectivity index (χ4v) is 2.77. The first kappa shape index (κ1) is 22.5. The number of aromatic nitrogens is 3. The normalized spacial score (nSPS) is 13.6. The molecule has 2 heterocycles. The maximum atomic E-state index is 13.4. The Morgan fingerprint density at radius 1 is 1.32 bits per heavy atom. The molecule has 0 atom stereocenters. The van der Waals surface area contributed by atoms with Gasteiger partial charge in [-0.1, -0.05) is 6.92 Å². The molecule has 1 saturated carbocycles. The number of carbonyl (C=O) groups excluding carboxylic acids is 2. The van der Waals surface area contributed by atoms with Crippen LogP contribution in [0.2, 0.25) is 0 Å². The Morgan fingerprint density at radius 2 is 2.06 bits per heavy atom. The maximum absolute atomic E-state index is 13.4. The molecule has 0 unspecified atom stereocenters. The van der Waals surface area contributed by atoms with Crippen LogP contribution in [0.4, 0.5) is 14.7 Å². The van der Waals surface area contributed by atoms with Crippen molar-refractivity contribution in [2.45, 2.75) is 45.6 Å². The minimum absolute atomic E-state index is 0.00141. The zero-order chi connectivity index (χ0) is 22.6. The van der Waals surface area contributed by atoms with Gasteiger partial charge in [-0.25, -0.2) is 23.7 Å². The summed E-state index contributed by atoms with van der Waals surface area (Å²) in [7, 11) is 1.61. The number of nitrogens with one attached hydrogen (secondary N) is 1. The van der Waals surface area contributed by atoms with Crippen LogP contribution < -0.4 is 10.1 Å². The third-order valence-corrected chi connectivity index (χ3v) is 4.85. The van der Waals surface area contributed by atoms with Crippen LogP contribution >= 0.6 is 0 Å². The maximum Gasteiger partial charge on any atom is 0.281 e. The van der Waals surface area contributed by atoms with Crippen LogP contribution in [-0.2, 0) is 11.3 Å². The highest BCUT2D eigenvalue weighted by atomic mass is 19.3. The number of halogens is 2. The van der Waals surface area contributed by atoms with E-state index in [1.54, 1.807) is 20.0 Å². The lowest BCUT2D eigenvalue weighted by molar-refractivity contribution is -0.117. The van der Waals surface area contributed by atoms with Crippen molar-refractivity contribution in [3.05, 3.63) is 41.3 Å². The van der Waals surface area contributed by atoms with Gasteiger partial charge >= 0.3 is 0 Å². The van der Waals surface area contributed by atoms with E-state index in [4.69, 9.17) is 4.74 Å². The van der Waals surface area contributed by atoms with E-state index in [0.29, 0.717) is 11.1 Å². The quantitative estimate of drug-likeness (QED) is 0.652. The van der Waals surface area contributed by atoms with Crippen molar-refractivity contribution < 1.29 is 23.1 Å². The molecule has 0 saturated heterocycles. The fourth-order valence-electron chi connectivity index (χ4n) is 2.77. The highest BCUT2D eigenvalue weighted by Gasteiger charge is 2.30.